The average Bonchev–Trinajstić information content (AvgIpc) is 3.25. The van der Waals surface area contributed by atoms with E-state index in [9.17, 15) is 4.79 Å². The molecule has 0 radical (unpaired) electrons. The number of hydrogen-bond donors (Lipinski definition) is 2. The van der Waals surface area contributed by atoms with E-state index >= 15 is 0 Å². The maximum absolute atomic E-state index is 12.8. The molecular formula is C24H28N4O. The van der Waals surface area contributed by atoms with Gasteiger partial charge >= 0.3 is 0 Å². The number of carbonyl (C=O) groups is 1. The van der Waals surface area contributed by atoms with E-state index in [0.29, 0.717) is 11.6 Å². The number of aromatic amines is 1. The van der Waals surface area contributed by atoms with E-state index in [4.69, 9.17) is 0 Å². The average molecular weight is 389 g/mol. The second-order valence-corrected chi connectivity index (χ2v) is 7.83. The van der Waals surface area contributed by atoms with E-state index in [1.807, 2.05) is 48.7 Å². The largest absolute Gasteiger partial charge is 0.371 e. The molecule has 4 rings (SSSR count). The normalized spacial score (nSPS) is 14.9. The predicted molar refractivity (Wildman–Crippen MR) is 120 cm³/mol. The van der Waals surface area contributed by atoms with Crippen molar-refractivity contribution in [2.75, 3.05) is 37.4 Å². The number of amides is 1. The van der Waals surface area contributed by atoms with Crippen molar-refractivity contribution in [3.8, 4) is 11.1 Å². The molecule has 0 atom stereocenters. The molecule has 0 spiro atoms. The maximum atomic E-state index is 12.8. The van der Waals surface area contributed by atoms with Crippen LogP contribution in [0.15, 0.2) is 67.0 Å². The van der Waals surface area contributed by atoms with Gasteiger partial charge in [-0.3, -0.25) is 4.79 Å². The van der Waals surface area contributed by atoms with Gasteiger partial charge in [0.25, 0.3) is 5.91 Å². The lowest BCUT2D eigenvalue weighted by Gasteiger charge is -2.36. The van der Waals surface area contributed by atoms with Crippen molar-refractivity contribution in [1.29, 1.82) is 0 Å². The highest BCUT2D eigenvalue weighted by Gasteiger charge is 2.21. The van der Waals surface area contributed by atoms with Crippen LogP contribution in [0.3, 0.4) is 0 Å². The Labute approximate surface area is 172 Å². The maximum Gasteiger partial charge on any atom is 0.257 e. The lowest BCUT2D eigenvalue weighted by atomic mass is 10.0. The molecule has 2 heterocycles. The van der Waals surface area contributed by atoms with Crippen LogP contribution in [-0.4, -0.2) is 49.0 Å². The van der Waals surface area contributed by atoms with E-state index in [1.54, 1.807) is 6.20 Å². The second kappa shape index (κ2) is 8.53. The minimum absolute atomic E-state index is 0.107. The summed E-state index contributed by atoms with van der Waals surface area (Å²) in [5.41, 5.74) is 4.60. The molecule has 0 bridgehead atoms. The quantitative estimate of drug-likeness (QED) is 0.678. The van der Waals surface area contributed by atoms with E-state index < -0.39 is 0 Å². The Bertz CT molecular complexity index is 939. The third kappa shape index (κ3) is 4.35. The smallest absolute Gasteiger partial charge is 0.257 e. The highest BCUT2D eigenvalue weighted by atomic mass is 16.1. The fraction of sp³-hybridized carbons (Fsp3) is 0.292. The van der Waals surface area contributed by atoms with Gasteiger partial charge in [-0.2, -0.15) is 0 Å². The Morgan fingerprint density at radius 3 is 2.34 bits per heavy atom. The van der Waals surface area contributed by atoms with Gasteiger partial charge in [0.1, 0.15) is 0 Å². The van der Waals surface area contributed by atoms with Crippen LogP contribution in [0.1, 0.15) is 23.2 Å². The zero-order chi connectivity index (χ0) is 20.2. The third-order valence-electron chi connectivity index (χ3n) is 5.76. The van der Waals surface area contributed by atoms with Crippen molar-refractivity contribution in [2.24, 2.45) is 0 Å². The van der Waals surface area contributed by atoms with Crippen molar-refractivity contribution in [3.05, 3.63) is 72.6 Å². The zero-order valence-corrected chi connectivity index (χ0v) is 17.1. The van der Waals surface area contributed by atoms with E-state index in [2.05, 4.69) is 46.3 Å². The first-order valence-electron chi connectivity index (χ1n) is 10.2. The molecule has 5 nitrogen and oxygen atoms in total. The lowest BCUT2D eigenvalue weighted by molar-refractivity contribution is 0.102. The molecule has 0 aliphatic carbocycles. The number of carbonyl (C=O) groups excluding carboxylic acids is 1. The monoisotopic (exact) mass is 388 g/mol. The molecule has 1 saturated heterocycles. The SMILES string of the molecule is CN(C)C1CCN(c2ccc(NC(=O)c3c[nH]cc3-c3ccccc3)cc2)CC1. The molecule has 2 N–H and O–H groups in total. The summed E-state index contributed by atoms with van der Waals surface area (Å²) in [6.45, 7) is 2.14. The van der Waals surface area contributed by atoms with Crippen LogP contribution in [0.4, 0.5) is 11.4 Å². The molecule has 0 unspecified atom stereocenters. The van der Waals surface area contributed by atoms with Crippen molar-refractivity contribution < 1.29 is 4.79 Å². The van der Waals surface area contributed by atoms with E-state index in [1.165, 1.54) is 18.5 Å². The molecule has 29 heavy (non-hydrogen) atoms. The highest BCUT2D eigenvalue weighted by Crippen LogP contribution is 2.26. The zero-order valence-electron chi connectivity index (χ0n) is 17.1. The third-order valence-corrected chi connectivity index (χ3v) is 5.76. The summed E-state index contributed by atoms with van der Waals surface area (Å²) in [5, 5.41) is 3.02. The number of benzene rings is 2. The number of nitrogens with zero attached hydrogens (tertiary/aromatic N) is 2. The molecule has 0 saturated carbocycles. The number of rotatable bonds is 5. The van der Waals surface area contributed by atoms with Gasteiger partial charge in [-0.05, 0) is 56.8 Å². The summed E-state index contributed by atoms with van der Waals surface area (Å²) >= 11 is 0. The number of aromatic nitrogens is 1. The predicted octanol–water partition coefficient (Wildman–Crippen LogP) is 4.46. The number of hydrogen-bond acceptors (Lipinski definition) is 3. The Kier molecular flexibility index (Phi) is 5.67. The summed E-state index contributed by atoms with van der Waals surface area (Å²) in [7, 11) is 4.32. The molecule has 3 aromatic rings. The van der Waals surface area contributed by atoms with Crippen molar-refractivity contribution in [3.63, 3.8) is 0 Å². The first kappa shape index (κ1) is 19.3. The van der Waals surface area contributed by atoms with Crippen molar-refractivity contribution in [1.82, 2.24) is 9.88 Å². The first-order chi connectivity index (χ1) is 14.1. The Morgan fingerprint density at radius 2 is 1.69 bits per heavy atom. The van der Waals surface area contributed by atoms with Crippen LogP contribution in [0.2, 0.25) is 0 Å². The van der Waals surface area contributed by atoms with Gasteiger partial charge in [0.05, 0.1) is 5.56 Å². The molecule has 2 aromatic carbocycles. The standard InChI is InChI=1S/C24H28N4O/c1-27(2)20-12-14-28(15-13-20)21-10-8-19(9-11-21)26-24(29)23-17-25-16-22(23)18-6-4-3-5-7-18/h3-11,16-17,20,25H,12-15H2,1-2H3,(H,26,29). The molecule has 5 heteroatoms. The van der Waals surface area contributed by atoms with Crippen LogP contribution in [0, 0.1) is 0 Å². The minimum atomic E-state index is -0.107. The Morgan fingerprint density at radius 1 is 1.00 bits per heavy atom. The van der Waals surface area contributed by atoms with Crippen LogP contribution in [0.5, 0.6) is 0 Å². The van der Waals surface area contributed by atoms with Gasteiger partial charge in [0, 0.05) is 48.5 Å². The van der Waals surface area contributed by atoms with Gasteiger partial charge in [-0.15, -0.1) is 0 Å². The van der Waals surface area contributed by atoms with Crippen molar-refractivity contribution in [2.45, 2.75) is 18.9 Å². The van der Waals surface area contributed by atoms with Crippen LogP contribution in [-0.2, 0) is 0 Å². The molecule has 1 aromatic heterocycles. The van der Waals surface area contributed by atoms with Gasteiger partial charge in [0.2, 0.25) is 0 Å². The van der Waals surface area contributed by atoms with Gasteiger partial charge in [0.15, 0.2) is 0 Å². The summed E-state index contributed by atoms with van der Waals surface area (Å²) in [5.74, 6) is -0.107. The van der Waals surface area contributed by atoms with E-state index in [-0.39, 0.29) is 5.91 Å². The number of H-pyrrole nitrogens is 1. The Hall–Kier alpha value is -3.05. The topological polar surface area (TPSA) is 51.4 Å². The summed E-state index contributed by atoms with van der Waals surface area (Å²) in [4.78, 5) is 20.6. The highest BCUT2D eigenvalue weighted by molar-refractivity contribution is 6.08. The fourth-order valence-corrected chi connectivity index (χ4v) is 4.00. The summed E-state index contributed by atoms with van der Waals surface area (Å²) in [6, 6.07) is 18.8. The molecule has 1 aliphatic rings. The van der Waals surface area contributed by atoms with Gasteiger partial charge in [-0.25, -0.2) is 0 Å². The number of nitrogens with one attached hydrogen (secondary N) is 2. The van der Waals surface area contributed by atoms with Crippen LogP contribution >= 0.6 is 0 Å². The Balaban J connectivity index is 1.41. The minimum Gasteiger partial charge on any atom is -0.371 e. The van der Waals surface area contributed by atoms with E-state index in [0.717, 1.165) is 29.9 Å². The summed E-state index contributed by atoms with van der Waals surface area (Å²) < 4.78 is 0. The summed E-state index contributed by atoms with van der Waals surface area (Å²) in [6.07, 6.45) is 5.98. The lowest BCUT2D eigenvalue weighted by Crippen LogP contribution is -2.41. The molecule has 1 amide bonds. The number of piperidine rings is 1. The molecule has 1 fully saturated rings. The first-order valence-corrected chi connectivity index (χ1v) is 10.2. The van der Waals surface area contributed by atoms with Crippen LogP contribution < -0.4 is 10.2 Å². The fourth-order valence-electron chi connectivity index (χ4n) is 4.00. The number of anilines is 2. The van der Waals surface area contributed by atoms with Gasteiger partial charge in [-0.1, -0.05) is 30.3 Å². The molecule has 1 aliphatic heterocycles. The van der Waals surface area contributed by atoms with Crippen molar-refractivity contribution >= 4 is 17.3 Å². The second-order valence-electron chi connectivity index (χ2n) is 7.83. The molecule has 150 valence electrons. The van der Waals surface area contributed by atoms with Gasteiger partial charge < -0.3 is 20.1 Å². The van der Waals surface area contributed by atoms with Crippen LogP contribution in [0.25, 0.3) is 11.1 Å². The molecular weight excluding hydrogens is 360 g/mol.